The fourth-order valence-electron chi connectivity index (χ4n) is 3.14. The van der Waals surface area contributed by atoms with Crippen LogP contribution in [-0.2, 0) is 22.0 Å². The van der Waals surface area contributed by atoms with Crippen LogP contribution in [0.1, 0.15) is 17.5 Å². The molecular formula is C18H21NO5S. The van der Waals surface area contributed by atoms with Gasteiger partial charge in [-0.1, -0.05) is 24.3 Å². The molecule has 0 heterocycles. The number of ether oxygens (including phenoxy) is 2. The summed E-state index contributed by atoms with van der Waals surface area (Å²) >= 11 is 0. The normalized spacial score (nSPS) is 19.5. The van der Waals surface area contributed by atoms with Crippen LogP contribution >= 0.6 is 0 Å². The highest BCUT2D eigenvalue weighted by Crippen LogP contribution is 2.37. The Morgan fingerprint density at radius 2 is 1.92 bits per heavy atom. The third kappa shape index (κ3) is 3.35. The van der Waals surface area contributed by atoms with Gasteiger partial charge in [0.15, 0.2) is 0 Å². The highest BCUT2D eigenvalue weighted by Gasteiger charge is 2.37. The lowest BCUT2D eigenvalue weighted by molar-refractivity contribution is 0.0442. The van der Waals surface area contributed by atoms with Gasteiger partial charge in [0, 0.05) is 12.6 Å². The summed E-state index contributed by atoms with van der Waals surface area (Å²) < 4.78 is 38.2. The third-order valence-corrected chi connectivity index (χ3v) is 5.96. The van der Waals surface area contributed by atoms with E-state index in [4.69, 9.17) is 9.47 Å². The second kappa shape index (κ2) is 6.67. The molecule has 0 aliphatic heterocycles. The summed E-state index contributed by atoms with van der Waals surface area (Å²) in [5.74, 6) is 0.623. The Balaban J connectivity index is 1.86. The molecule has 0 spiro atoms. The van der Waals surface area contributed by atoms with Crippen molar-refractivity contribution in [2.75, 3.05) is 20.8 Å². The minimum Gasteiger partial charge on any atom is -0.497 e. The molecule has 0 bridgehead atoms. The van der Waals surface area contributed by atoms with Gasteiger partial charge in [-0.15, -0.1) is 0 Å². The van der Waals surface area contributed by atoms with Gasteiger partial charge in [-0.05, 0) is 36.1 Å². The molecule has 0 radical (unpaired) electrons. The predicted molar refractivity (Wildman–Crippen MR) is 93.4 cm³/mol. The number of methoxy groups -OCH3 is 2. The molecule has 0 aromatic heterocycles. The van der Waals surface area contributed by atoms with Crippen molar-refractivity contribution in [3.63, 3.8) is 0 Å². The van der Waals surface area contributed by atoms with Gasteiger partial charge in [0.05, 0.1) is 14.2 Å². The zero-order chi connectivity index (χ0) is 18.1. The molecule has 2 aromatic carbocycles. The van der Waals surface area contributed by atoms with Crippen LogP contribution in [0.25, 0.3) is 0 Å². The smallest absolute Gasteiger partial charge is 0.244 e. The zero-order valence-corrected chi connectivity index (χ0v) is 15.0. The van der Waals surface area contributed by atoms with Crippen molar-refractivity contribution in [3.05, 3.63) is 53.6 Å². The number of nitrogens with one attached hydrogen (secondary N) is 1. The van der Waals surface area contributed by atoms with Crippen molar-refractivity contribution in [1.82, 2.24) is 4.72 Å². The van der Waals surface area contributed by atoms with Crippen LogP contribution in [0, 0.1) is 0 Å². The highest BCUT2D eigenvalue weighted by molar-refractivity contribution is 7.89. The number of sulfonamides is 1. The number of fused-ring (bicyclic) bond motifs is 1. The summed E-state index contributed by atoms with van der Waals surface area (Å²) in [5, 5.41) is 10.9. The lowest BCUT2D eigenvalue weighted by atomic mass is 9.96. The molecule has 0 amide bonds. The number of rotatable bonds is 6. The lowest BCUT2D eigenvalue weighted by Crippen LogP contribution is -2.39. The minimum absolute atomic E-state index is 0.0239. The maximum absolute atomic E-state index is 12.7. The van der Waals surface area contributed by atoms with Crippen molar-refractivity contribution in [1.29, 1.82) is 0 Å². The molecule has 2 aromatic rings. The molecule has 134 valence electrons. The summed E-state index contributed by atoms with van der Waals surface area (Å²) in [7, 11) is -1.01. The van der Waals surface area contributed by atoms with Crippen molar-refractivity contribution >= 4 is 10.0 Å². The van der Waals surface area contributed by atoms with Crippen molar-refractivity contribution in [3.8, 4) is 11.5 Å². The van der Waals surface area contributed by atoms with E-state index >= 15 is 0 Å². The molecule has 6 nitrogen and oxygen atoms in total. The van der Waals surface area contributed by atoms with Gasteiger partial charge in [-0.25, -0.2) is 13.1 Å². The van der Waals surface area contributed by atoms with Crippen LogP contribution in [0.5, 0.6) is 11.5 Å². The first-order valence-electron chi connectivity index (χ1n) is 7.92. The van der Waals surface area contributed by atoms with Crippen LogP contribution in [0.2, 0.25) is 0 Å². The highest BCUT2D eigenvalue weighted by atomic mass is 32.2. The van der Waals surface area contributed by atoms with E-state index in [-0.39, 0.29) is 17.2 Å². The van der Waals surface area contributed by atoms with Crippen molar-refractivity contribution < 1.29 is 23.0 Å². The number of aryl methyl sites for hydroxylation is 1. The molecule has 0 unspecified atom stereocenters. The number of benzene rings is 2. The van der Waals surface area contributed by atoms with E-state index in [1.807, 2.05) is 24.3 Å². The quantitative estimate of drug-likeness (QED) is 0.818. The number of aliphatic hydroxyl groups is 1. The molecule has 0 fully saturated rings. The first kappa shape index (κ1) is 17.7. The fourth-order valence-corrected chi connectivity index (χ4v) is 4.41. The fraction of sp³-hybridized carbons (Fsp3) is 0.333. The first-order valence-corrected chi connectivity index (χ1v) is 9.40. The van der Waals surface area contributed by atoms with Crippen molar-refractivity contribution in [2.24, 2.45) is 0 Å². The summed E-state index contributed by atoms with van der Waals surface area (Å²) in [6.45, 7) is -0.104. The Bertz CT molecular complexity index is 881. The summed E-state index contributed by atoms with van der Waals surface area (Å²) in [6, 6.07) is 12.1. The molecule has 0 saturated heterocycles. The van der Waals surface area contributed by atoms with Crippen LogP contribution in [0.3, 0.4) is 0 Å². The molecule has 1 atom stereocenters. The largest absolute Gasteiger partial charge is 0.497 e. The molecule has 1 aliphatic carbocycles. The van der Waals surface area contributed by atoms with E-state index in [0.29, 0.717) is 12.2 Å². The SMILES string of the molecule is COc1ccc(OC)c(S(=O)(=O)NC[C@@]2(O)CCc3ccccc32)c1. The second-order valence-electron chi connectivity index (χ2n) is 6.03. The monoisotopic (exact) mass is 363 g/mol. The number of hydrogen-bond acceptors (Lipinski definition) is 5. The number of hydrogen-bond donors (Lipinski definition) is 2. The van der Waals surface area contributed by atoms with Gasteiger partial charge in [-0.2, -0.15) is 0 Å². The molecular weight excluding hydrogens is 342 g/mol. The molecule has 1 aliphatic rings. The van der Waals surface area contributed by atoms with Gasteiger partial charge in [-0.3, -0.25) is 0 Å². The van der Waals surface area contributed by atoms with E-state index in [1.165, 1.54) is 26.4 Å². The third-order valence-electron chi connectivity index (χ3n) is 4.54. The molecule has 25 heavy (non-hydrogen) atoms. The van der Waals surface area contributed by atoms with Gasteiger partial charge in [0.2, 0.25) is 10.0 Å². The Hall–Kier alpha value is -2.09. The van der Waals surface area contributed by atoms with E-state index in [2.05, 4.69) is 4.72 Å². The molecule has 7 heteroatoms. The standard InChI is InChI=1S/C18H21NO5S/c1-23-14-7-8-16(24-2)17(11-14)25(21,22)19-12-18(20)10-9-13-5-3-4-6-15(13)18/h3-8,11,19-20H,9-10,12H2,1-2H3/t18-/m0/s1. The van der Waals surface area contributed by atoms with E-state index in [1.54, 1.807) is 6.07 Å². The van der Waals surface area contributed by atoms with Gasteiger partial charge in [0.1, 0.15) is 22.0 Å². The van der Waals surface area contributed by atoms with Gasteiger partial charge in [0.25, 0.3) is 0 Å². The van der Waals surface area contributed by atoms with Crippen LogP contribution in [0.4, 0.5) is 0 Å². The molecule has 0 saturated carbocycles. The average Bonchev–Trinajstić information content (AvgIpc) is 2.97. The first-order chi connectivity index (χ1) is 11.9. The van der Waals surface area contributed by atoms with Gasteiger partial charge >= 0.3 is 0 Å². The Labute approximate surface area is 147 Å². The van der Waals surface area contributed by atoms with Gasteiger partial charge < -0.3 is 14.6 Å². The second-order valence-corrected chi connectivity index (χ2v) is 7.77. The maximum atomic E-state index is 12.7. The average molecular weight is 363 g/mol. The predicted octanol–water partition coefficient (Wildman–Crippen LogP) is 1.82. The van der Waals surface area contributed by atoms with E-state index < -0.39 is 15.6 Å². The van der Waals surface area contributed by atoms with Crippen LogP contribution in [-0.4, -0.2) is 34.3 Å². The van der Waals surface area contributed by atoms with Crippen LogP contribution < -0.4 is 14.2 Å². The van der Waals surface area contributed by atoms with E-state index in [0.717, 1.165) is 17.5 Å². The Kier molecular flexibility index (Phi) is 4.73. The van der Waals surface area contributed by atoms with E-state index in [9.17, 15) is 13.5 Å². The topological polar surface area (TPSA) is 84.9 Å². The minimum atomic E-state index is -3.88. The summed E-state index contributed by atoms with van der Waals surface area (Å²) in [6.07, 6.45) is 1.20. The Morgan fingerprint density at radius 1 is 1.16 bits per heavy atom. The lowest BCUT2D eigenvalue weighted by Gasteiger charge is -2.24. The molecule has 3 rings (SSSR count). The molecule has 2 N–H and O–H groups in total. The maximum Gasteiger partial charge on any atom is 0.244 e. The summed E-state index contributed by atoms with van der Waals surface area (Å²) in [5.41, 5.74) is 0.605. The van der Waals surface area contributed by atoms with Crippen LogP contribution in [0.15, 0.2) is 47.4 Å². The van der Waals surface area contributed by atoms with Crippen molar-refractivity contribution in [2.45, 2.75) is 23.3 Å². The Morgan fingerprint density at radius 3 is 2.64 bits per heavy atom. The zero-order valence-electron chi connectivity index (χ0n) is 14.2. The summed E-state index contributed by atoms with van der Waals surface area (Å²) in [4.78, 5) is -0.0239.